The van der Waals surface area contributed by atoms with E-state index in [0.717, 1.165) is 62.1 Å². The molecule has 0 atom stereocenters. The number of carbonyl (C=O) groups is 1. The van der Waals surface area contributed by atoms with E-state index in [1.165, 1.54) is 38.5 Å². The highest BCUT2D eigenvalue weighted by atomic mass is 16.2. The number of nitrogens with one attached hydrogen (secondary N) is 3. The zero-order chi connectivity index (χ0) is 20.3. The van der Waals surface area contributed by atoms with Crippen LogP contribution in [0.15, 0.2) is 29.3 Å². The molecule has 29 heavy (non-hydrogen) atoms. The SMILES string of the molecule is CCNC(=NCc1cccc(NC(=O)N2CCCC2)c1)NCCCC1CCCC1. The van der Waals surface area contributed by atoms with Crippen molar-refractivity contribution < 1.29 is 4.79 Å². The average molecular weight is 400 g/mol. The molecule has 2 amide bonds. The lowest BCUT2D eigenvalue weighted by molar-refractivity contribution is 0.222. The van der Waals surface area contributed by atoms with Gasteiger partial charge in [-0.05, 0) is 56.2 Å². The van der Waals surface area contributed by atoms with Gasteiger partial charge in [-0.25, -0.2) is 9.79 Å². The molecule has 2 fully saturated rings. The largest absolute Gasteiger partial charge is 0.357 e. The third-order valence-electron chi connectivity index (χ3n) is 5.89. The zero-order valence-electron chi connectivity index (χ0n) is 17.9. The van der Waals surface area contributed by atoms with E-state index in [9.17, 15) is 4.79 Å². The van der Waals surface area contributed by atoms with Crippen molar-refractivity contribution in [3.8, 4) is 0 Å². The van der Waals surface area contributed by atoms with Crippen molar-refractivity contribution in [3.63, 3.8) is 0 Å². The van der Waals surface area contributed by atoms with Gasteiger partial charge in [0.2, 0.25) is 0 Å². The fraction of sp³-hybridized carbons (Fsp3) is 0.652. The number of nitrogens with zero attached hydrogens (tertiary/aromatic N) is 2. The maximum absolute atomic E-state index is 12.3. The van der Waals surface area contributed by atoms with E-state index in [2.05, 4.69) is 28.9 Å². The van der Waals surface area contributed by atoms with Crippen LogP contribution in [-0.2, 0) is 6.54 Å². The third-order valence-corrected chi connectivity index (χ3v) is 5.89. The van der Waals surface area contributed by atoms with Crippen LogP contribution < -0.4 is 16.0 Å². The second-order valence-electron chi connectivity index (χ2n) is 8.24. The summed E-state index contributed by atoms with van der Waals surface area (Å²) >= 11 is 0. The summed E-state index contributed by atoms with van der Waals surface area (Å²) in [5, 5.41) is 9.80. The minimum Gasteiger partial charge on any atom is -0.357 e. The molecule has 0 aromatic heterocycles. The van der Waals surface area contributed by atoms with Gasteiger partial charge >= 0.3 is 6.03 Å². The van der Waals surface area contributed by atoms with Gasteiger partial charge in [0, 0.05) is 31.9 Å². The summed E-state index contributed by atoms with van der Waals surface area (Å²) in [7, 11) is 0. The molecule has 0 unspecified atom stereocenters. The Morgan fingerprint density at radius 2 is 1.93 bits per heavy atom. The van der Waals surface area contributed by atoms with Gasteiger partial charge < -0.3 is 20.9 Å². The Balaban J connectivity index is 1.46. The van der Waals surface area contributed by atoms with E-state index in [1.807, 2.05) is 23.1 Å². The Hall–Kier alpha value is -2.24. The molecule has 3 rings (SSSR count). The molecule has 0 spiro atoms. The summed E-state index contributed by atoms with van der Waals surface area (Å²) in [5.41, 5.74) is 1.93. The second-order valence-corrected chi connectivity index (χ2v) is 8.24. The van der Waals surface area contributed by atoms with Gasteiger partial charge in [-0.2, -0.15) is 0 Å². The Morgan fingerprint density at radius 3 is 2.69 bits per heavy atom. The van der Waals surface area contributed by atoms with Crippen LogP contribution in [0.1, 0.15) is 63.9 Å². The minimum absolute atomic E-state index is 0.000388. The van der Waals surface area contributed by atoms with Crippen molar-refractivity contribution in [2.24, 2.45) is 10.9 Å². The highest BCUT2D eigenvalue weighted by Gasteiger charge is 2.17. The van der Waals surface area contributed by atoms with Crippen molar-refractivity contribution in [2.45, 2.75) is 64.8 Å². The van der Waals surface area contributed by atoms with Gasteiger partial charge in [0.15, 0.2) is 5.96 Å². The van der Waals surface area contributed by atoms with Crippen LogP contribution in [0.3, 0.4) is 0 Å². The molecule has 0 radical (unpaired) electrons. The van der Waals surface area contributed by atoms with E-state index in [1.54, 1.807) is 0 Å². The summed E-state index contributed by atoms with van der Waals surface area (Å²) in [5.74, 6) is 1.81. The number of aliphatic imine (C=N–C) groups is 1. The lowest BCUT2D eigenvalue weighted by atomic mass is 10.0. The maximum Gasteiger partial charge on any atom is 0.321 e. The van der Waals surface area contributed by atoms with Gasteiger partial charge in [0.25, 0.3) is 0 Å². The number of guanidine groups is 1. The molecule has 160 valence electrons. The van der Waals surface area contributed by atoms with Crippen LogP contribution in [0, 0.1) is 5.92 Å². The average Bonchev–Trinajstić information content (AvgIpc) is 3.44. The van der Waals surface area contributed by atoms with Crippen LogP contribution >= 0.6 is 0 Å². The highest BCUT2D eigenvalue weighted by Crippen LogP contribution is 2.28. The normalized spacial score (nSPS) is 17.6. The summed E-state index contributed by atoms with van der Waals surface area (Å²) in [6.07, 6.45) is 10.4. The van der Waals surface area contributed by atoms with Gasteiger partial charge in [-0.1, -0.05) is 37.8 Å². The number of urea groups is 1. The van der Waals surface area contributed by atoms with E-state index in [0.29, 0.717) is 6.54 Å². The number of hydrogen-bond donors (Lipinski definition) is 3. The molecule has 1 heterocycles. The standard InChI is InChI=1S/C23H37N5O/c1-2-24-22(25-14-8-12-19-9-3-4-10-19)26-18-20-11-7-13-21(17-20)27-23(29)28-15-5-6-16-28/h7,11,13,17,19H,2-6,8-10,12,14-16,18H2,1H3,(H,27,29)(H2,24,25,26). The monoisotopic (exact) mass is 399 g/mol. The lowest BCUT2D eigenvalue weighted by Gasteiger charge is -2.16. The molecule has 6 nitrogen and oxygen atoms in total. The van der Waals surface area contributed by atoms with Crippen molar-refractivity contribution in [3.05, 3.63) is 29.8 Å². The quantitative estimate of drug-likeness (QED) is 0.346. The predicted molar refractivity (Wildman–Crippen MR) is 120 cm³/mol. The van der Waals surface area contributed by atoms with Gasteiger partial charge in [-0.15, -0.1) is 0 Å². The Labute approximate surface area is 175 Å². The molecule has 1 aromatic carbocycles. The molecule has 6 heteroatoms. The number of hydrogen-bond acceptors (Lipinski definition) is 2. The smallest absolute Gasteiger partial charge is 0.321 e. The number of amides is 2. The molecule has 2 aliphatic rings. The van der Waals surface area contributed by atoms with Crippen LogP contribution in [0.2, 0.25) is 0 Å². The lowest BCUT2D eigenvalue weighted by Crippen LogP contribution is -2.37. The first-order chi connectivity index (χ1) is 14.2. The van der Waals surface area contributed by atoms with Crippen LogP contribution in [0.25, 0.3) is 0 Å². The van der Waals surface area contributed by atoms with Crippen LogP contribution in [0.4, 0.5) is 10.5 Å². The van der Waals surface area contributed by atoms with E-state index in [4.69, 9.17) is 4.99 Å². The summed E-state index contributed by atoms with van der Waals surface area (Å²) in [6, 6.07) is 7.99. The van der Waals surface area contributed by atoms with Crippen molar-refractivity contribution in [2.75, 3.05) is 31.5 Å². The summed E-state index contributed by atoms with van der Waals surface area (Å²) < 4.78 is 0. The van der Waals surface area contributed by atoms with E-state index in [-0.39, 0.29) is 6.03 Å². The number of likely N-dealkylation sites (tertiary alicyclic amines) is 1. The van der Waals surface area contributed by atoms with E-state index < -0.39 is 0 Å². The Morgan fingerprint density at radius 1 is 1.14 bits per heavy atom. The topological polar surface area (TPSA) is 68.8 Å². The first-order valence-electron chi connectivity index (χ1n) is 11.4. The Kier molecular flexibility index (Phi) is 8.65. The van der Waals surface area contributed by atoms with Gasteiger partial charge in [0.05, 0.1) is 6.54 Å². The van der Waals surface area contributed by atoms with Gasteiger partial charge in [0.1, 0.15) is 0 Å². The first-order valence-corrected chi connectivity index (χ1v) is 11.4. The van der Waals surface area contributed by atoms with Crippen molar-refractivity contribution in [1.82, 2.24) is 15.5 Å². The van der Waals surface area contributed by atoms with Crippen LogP contribution in [-0.4, -0.2) is 43.1 Å². The molecule has 1 aliphatic carbocycles. The number of rotatable bonds is 8. The fourth-order valence-electron chi connectivity index (χ4n) is 4.28. The molecule has 0 bridgehead atoms. The maximum atomic E-state index is 12.3. The number of anilines is 1. The molecular formula is C23H37N5O. The van der Waals surface area contributed by atoms with E-state index >= 15 is 0 Å². The Bertz CT molecular complexity index is 663. The molecule has 1 saturated heterocycles. The number of benzene rings is 1. The summed E-state index contributed by atoms with van der Waals surface area (Å²) in [4.78, 5) is 18.9. The second kappa shape index (κ2) is 11.7. The molecular weight excluding hydrogens is 362 g/mol. The fourth-order valence-corrected chi connectivity index (χ4v) is 4.28. The third kappa shape index (κ3) is 7.26. The minimum atomic E-state index is 0.000388. The van der Waals surface area contributed by atoms with Crippen LogP contribution in [0.5, 0.6) is 0 Å². The van der Waals surface area contributed by atoms with Gasteiger partial charge in [-0.3, -0.25) is 0 Å². The first kappa shape index (κ1) is 21.5. The molecule has 3 N–H and O–H groups in total. The summed E-state index contributed by atoms with van der Waals surface area (Å²) in [6.45, 7) is 6.20. The van der Waals surface area contributed by atoms with Crippen molar-refractivity contribution >= 4 is 17.7 Å². The highest BCUT2D eigenvalue weighted by molar-refractivity contribution is 5.89. The zero-order valence-corrected chi connectivity index (χ0v) is 17.9. The predicted octanol–water partition coefficient (Wildman–Crippen LogP) is 4.34. The molecule has 1 aliphatic heterocycles. The molecule has 1 saturated carbocycles. The molecule has 1 aromatic rings. The number of carbonyl (C=O) groups excluding carboxylic acids is 1. The van der Waals surface area contributed by atoms with Crippen molar-refractivity contribution in [1.29, 1.82) is 0 Å².